The lowest BCUT2D eigenvalue weighted by atomic mass is 10.1. The molecule has 0 aromatic heterocycles. The minimum Gasteiger partial charge on any atom is -0.398 e. The van der Waals surface area contributed by atoms with E-state index in [1.54, 1.807) is 23.1 Å². The van der Waals surface area contributed by atoms with Crippen LogP contribution in [0.1, 0.15) is 25.3 Å². The number of rotatable bonds is 8. The number of amides is 2. The molecule has 1 aromatic carbocycles. The zero-order chi connectivity index (χ0) is 15.8. The monoisotopic (exact) mass is 292 g/mol. The Morgan fingerprint density at radius 2 is 2.00 bits per heavy atom. The average Bonchev–Trinajstić information content (AvgIpc) is 2.40. The molecule has 2 amide bonds. The Bertz CT molecular complexity index is 502. The molecule has 0 fully saturated rings. The van der Waals surface area contributed by atoms with E-state index in [4.69, 9.17) is 11.5 Å². The van der Waals surface area contributed by atoms with E-state index in [-0.39, 0.29) is 19.0 Å². The normalized spacial score (nSPS) is 10.6. The van der Waals surface area contributed by atoms with Gasteiger partial charge in [0.1, 0.15) is 0 Å². The van der Waals surface area contributed by atoms with Crippen molar-refractivity contribution in [3.8, 4) is 0 Å². The summed E-state index contributed by atoms with van der Waals surface area (Å²) in [5.41, 5.74) is 13.2. The molecule has 0 bridgehead atoms. The number of hydrogen-bond acceptors (Lipinski definition) is 4. The summed E-state index contributed by atoms with van der Waals surface area (Å²) in [6.07, 6.45) is 1.91. The van der Waals surface area contributed by atoms with Gasteiger partial charge in [0, 0.05) is 11.4 Å². The van der Waals surface area contributed by atoms with Gasteiger partial charge in [0.2, 0.25) is 11.8 Å². The molecule has 0 saturated heterocycles. The first-order valence-corrected chi connectivity index (χ1v) is 7.09. The highest BCUT2D eigenvalue weighted by molar-refractivity contribution is 5.94. The van der Waals surface area contributed by atoms with Gasteiger partial charge in [-0.05, 0) is 37.6 Å². The van der Waals surface area contributed by atoms with Crippen LogP contribution in [0.5, 0.6) is 0 Å². The molecule has 6 heteroatoms. The fourth-order valence-electron chi connectivity index (χ4n) is 2.00. The summed E-state index contributed by atoms with van der Waals surface area (Å²) in [6.45, 7) is 4.80. The van der Waals surface area contributed by atoms with E-state index >= 15 is 0 Å². The summed E-state index contributed by atoms with van der Waals surface area (Å²) in [6, 6.07) is 5.37. The van der Waals surface area contributed by atoms with Crippen LogP contribution in [-0.4, -0.2) is 36.3 Å². The van der Waals surface area contributed by atoms with Gasteiger partial charge >= 0.3 is 0 Å². The van der Waals surface area contributed by atoms with Crippen LogP contribution in [-0.2, 0) is 9.59 Å². The van der Waals surface area contributed by atoms with Crippen molar-refractivity contribution in [1.82, 2.24) is 4.90 Å². The Morgan fingerprint density at radius 1 is 1.29 bits per heavy atom. The largest absolute Gasteiger partial charge is 0.398 e. The van der Waals surface area contributed by atoms with E-state index in [0.717, 1.165) is 18.4 Å². The van der Waals surface area contributed by atoms with Crippen molar-refractivity contribution in [1.29, 1.82) is 0 Å². The van der Waals surface area contributed by atoms with Gasteiger partial charge in [-0.2, -0.15) is 0 Å². The SMILES string of the molecule is CCCCN(CC(N)=O)CC(=O)Nc1cccc(N)c1C. The van der Waals surface area contributed by atoms with E-state index in [2.05, 4.69) is 12.2 Å². The molecule has 6 nitrogen and oxygen atoms in total. The topological polar surface area (TPSA) is 101 Å². The van der Waals surface area contributed by atoms with Gasteiger partial charge < -0.3 is 16.8 Å². The molecule has 0 aliphatic rings. The van der Waals surface area contributed by atoms with Crippen LogP contribution in [0.4, 0.5) is 11.4 Å². The van der Waals surface area contributed by atoms with E-state index in [9.17, 15) is 9.59 Å². The molecule has 116 valence electrons. The number of carbonyl (C=O) groups excluding carboxylic acids is 2. The lowest BCUT2D eigenvalue weighted by molar-refractivity contribution is -0.121. The molecular formula is C15H24N4O2. The standard InChI is InChI=1S/C15H24N4O2/c1-3-4-8-19(9-14(17)20)10-15(21)18-13-7-5-6-12(16)11(13)2/h5-7H,3-4,8-10,16H2,1-2H3,(H2,17,20)(H,18,21). The number of unbranched alkanes of at least 4 members (excludes halogenated alkanes) is 1. The molecule has 0 radical (unpaired) electrons. The second kappa shape index (κ2) is 8.26. The zero-order valence-electron chi connectivity index (χ0n) is 12.7. The second-order valence-corrected chi connectivity index (χ2v) is 5.10. The van der Waals surface area contributed by atoms with Crippen molar-refractivity contribution in [2.24, 2.45) is 5.73 Å². The number of primary amides is 1. The van der Waals surface area contributed by atoms with Crippen LogP contribution >= 0.6 is 0 Å². The molecule has 5 N–H and O–H groups in total. The molecule has 0 atom stereocenters. The van der Waals surface area contributed by atoms with E-state index < -0.39 is 5.91 Å². The highest BCUT2D eigenvalue weighted by Crippen LogP contribution is 2.20. The maximum absolute atomic E-state index is 12.1. The van der Waals surface area contributed by atoms with Crippen LogP contribution in [0.25, 0.3) is 0 Å². The molecule has 1 aromatic rings. The number of nitrogens with one attached hydrogen (secondary N) is 1. The predicted molar refractivity (Wildman–Crippen MR) is 84.8 cm³/mol. The van der Waals surface area contributed by atoms with Crippen molar-refractivity contribution >= 4 is 23.2 Å². The van der Waals surface area contributed by atoms with Gasteiger partial charge in [-0.25, -0.2) is 0 Å². The molecule has 0 unspecified atom stereocenters. The summed E-state index contributed by atoms with van der Waals surface area (Å²) >= 11 is 0. The van der Waals surface area contributed by atoms with Crippen LogP contribution < -0.4 is 16.8 Å². The fourth-order valence-corrected chi connectivity index (χ4v) is 2.00. The molecule has 0 aliphatic carbocycles. The van der Waals surface area contributed by atoms with Crippen molar-refractivity contribution in [3.05, 3.63) is 23.8 Å². The summed E-state index contributed by atoms with van der Waals surface area (Å²) in [5.74, 6) is -0.611. The fraction of sp³-hybridized carbons (Fsp3) is 0.467. The Balaban J connectivity index is 2.64. The molecule has 1 rings (SSSR count). The summed E-state index contributed by atoms with van der Waals surface area (Å²) in [4.78, 5) is 24.9. The van der Waals surface area contributed by atoms with Crippen LogP contribution in [0.3, 0.4) is 0 Å². The number of anilines is 2. The van der Waals surface area contributed by atoms with Gasteiger partial charge in [0.15, 0.2) is 0 Å². The zero-order valence-corrected chi connectivity index (χ0v) is 12.7. The molecular weight excluding hydrogens is 268 g/mol. The Labute approximate surface area is 125 Å². The Hall–Kier alpha value is -2.08. The highest BCUT2D eigenvalue weighted by atomic mass is 16.2. The third kappa shape index (κ3) is 5.83. The highest BCUT2D eigenvalue weighted by Gasteiger charge is 2.13. The maximum Gasteiger partial charge on any atom is 0.238 e. The molecule has 21 heavy (non-hydrogen) atoms. The minimum absolute atomic E-state index is 0.0866. The van der Waals surface area contributed by atoms with E-state index in [0.29, 0.717) is 17.9 Å². The molecule has 0 aliphatic heterocycles. The Morgan fingerprint density at radius 3 is 2.62 bits per heavy atom. The number of hydrogen-bond donors (Lipinski definition) is 3. The first-order valence-electron chi connectivity index (χ1n) is 7.09. The second-order valence-electron chi connectivity index (χ2n) is 5.10. The van der Waals surface area contributed by atoms with Gasteiger partial charge in [-0.1, -0.05) is 19.4 Å². The Kier molecular flexibility index (Phi) is 6.68. The number of nitrogens with zero attached hydrogens (tertiary/aromatic N) is 1. The summed E-state index contributed by atoms with van der Waals surface area (Å²) in [5, 5.41) is 2.82. The summed E-state index contributed by atoms with van der Waals surface area (Å²) in [7, 11) is 0. The predicted octanol–water partition coefficient (Wildman–Crippen LogP) is 1.10. The lowest BCUT2D eigenvalue weighted by Crippen LogP contribution is -2.39. The van der Waals surface area contributed by atoms with Gasteiger partial charge in [-0.3, -0.25) is 14.5 Å². The van der Waals surface area contributed by atoms with E-state index in [1.165, 1.54) is 0 Å². The first-order chi connectivity index (χ1) is 9.93. The number of nitrogen functional groups attached to an aromatic ring is 1. The third-order valence-corrected chi connectivity index (χ3v) is 3.22. The van der Waals surface area contributed by atoms with Crippen molar-refractivity contribution < 1.29 is 9.59 Å². The molecule has 0 spiro atoms. The maximum atomic E-state index is 12.1. The number of carbonyl (C=O) groups is 2. The average molecular weight is 292 g/mol. The molecule has 0 heterocycles. The smallest absolute Gasteiger partial charge is 0.238 e. The van der Waals surface area contributed by atoms with Crippen LogP contribution in [0.2, 0.25) is 0 Å². The van der Waals surface area contributed by atoms with Crippen molar-refractivity contribution in [3.63, 3.8) is 0 Å². The van der Waals surface area contributed by atoms with E-state index in [1.807, 2.05) is 6.92 Å². The van der Waals surface area contributed by atoms with Crippen LogP contribution in [0.15, 0.2) is 18.2 Å². The van der Waals surface area contributed by atoms with Crippen molar-refractivity contribution in [2.75, 3.05) is 30.7 Å². The lowest BCUT2D eigenvalue weighted by Gasteiger charge is -2.20. The third-order valence-electron chi connectivity index (χ3n) is 3.22. The number of nitrogens with two attached hydrogens (primary N) is 2. The molecule has 0 saturated carbocycles. The summed E-state index contributed by atoms with van der Waals surface area (Å²) < 4.78 is 0. The first kappa shape index (κ1) is 17.0. The van der Waals surface area contributed by atoms with Crippen molar-refractivity contribution in [2.45, 2.75) is 26.7 Å². The van der Waals surface area contributed by atoms with Gasteiger partial charge in [0.05, 0.1) is 13.1 Å². The quantitative estimate of drug-likeness (QED) is 0.624. The van der Waals surface area contributed by atoms with Gasteiger partial charge in [0.25, 0.3) is 0 Å². The van der Waals surface area contributed by atoms with Crippen LogP contribution in [0, 0.1) is 6.92 Å². The van der Waals surface area contributed by atoms with Gasteiger partial charge in [-0.15, -0.1) is 0 Å². The minimum atomic E-state index is -0.431. The number of benzene rings is 1.